The number of carboxylic acids is 1. The average Bonchev–Trinajstić information content (AvgIpc) is 2.32. The summed E-state index contributed by atoms with van der Waals surface area (Å²) in [7, 11) is 0. The van der Waals surface area contributed by atoms with Crippen LogP contribution in [0.3, 0.4) is 0 Å². The molecule has 0 spiro atoms. The number of unbranched alkanes of at least 4 members (excludes halogenated alkanes) is 6. The van der Waals surface area contributed by atoms with Crippen LogP contribution in [0.4, 0.5) is 0 Å². The van der Waals surface area contributed by atoms with Gasteiger partial charge in [0.25, 0.3) is 0 Å². The van der Waals surface area contributed by atoms with Crippen LogP contribution in [0, 0.1) is 0 Å². The predicted octanol–water partition coefficient (Wildman–Crippen LogP) is 3.54. The zero-order valence-electron chi connectivity index (χ0n) is 11.5. The molecule has 0 rings (SSSR count). The van der Waals surface area contributed by atoms with E-state index in [0.29, 0.717) is 13.0 Å². The maximum absolute atomic E-state index is 11.2. The number of carbonyl (C=O) groups is 2. The predicted molar refractivity (Wildman–Crippen MR) is 70.4 cm³/mol. The average molecular weight is 258 g/mol. The van der Waals surface area contributed by atoms with Crippen molar-refractivity contribution in [2.75, 3.05) is 6.61 Å². The molecule has 0 radical (unpaired) electrons. The Bertz CT molecular complexity index is 226. The number of aliphatic carboxylic acids is 1. The van der Waals surface area contributed by atoms with E-state index in [1.165, 1.54) is 0 Å². The molecule has 0 amide bonds. The molecule has 0 bridgehead atoms. The molecule has 0 atom stereocenters. The topological polar surface area (TPSA) is 63.6 Å². The van der Waals surface area contributed by atoms with Crippen molar-refractivity contribution in [1.82, 2.24) is 0 Å². The fraction of sp³-hybridized carbons (Fsp3) is 0.857. The van der Waals surface area contributed by atoms with Crippen LogP contribution in [0.2, 0.25) is 0 Å². The second-order valence-corrected chi connectivity index (χ2v) is 4.59. The van der Waals surface area contributed by atoms with Gasteiger partial charge in [-0.15, -0.1) is 0 Å². The minimum atomic E-state index is -0.718. The van der Waals surface area contributed by atoms with E-state index in [2.05, 4.69) is 6.92 Å². The van der Waals surface area contributed by atoms with E-state index in [9.17, 15) is 9.59 Å². The van der Waals surface area contributed by atoms with Crippen LogP contribution in [0.5, 0.6) is 0 Å². The number of hydrogen-bond donors (Lipinski definition) is 1. The number of rotatable bonds is 12. The molecule has 0 aliphatic rings. The number of carboxylic acid groups (broad SMARTS) is 1. The van der Waals surface area contributed by atoms with Crippen molar-refractivity contribution in [2.24, 2.45) is 0 Å². The summed E-state index contributed by atoms with van der Waals surface area (Å²) in [6, 6.07) is 0. The van der Waals surface area contributed by atoms with Crippen LogP contribution < -0.4 is 0 Å². The third-order valence-corrected chi connectivity index (χ3v) is 2.78. The van der Waals surface area contributed by atoms with Crippen LogP contribution in [0.15, 0.2) is 0 Å². The highest BCUT2D eigenvalue weighted by Crippen LogP contribution is 2.09. The third kappa shape index (κ3) is 13.0. The number of esters is 1. The Hall–Kier alpha value is -1.06. The molecule has 1 N–H and O–H groups in total. The summed E-state index contributed by atoms with van der Waals surface area (Å²) in [4.78, 5) is 21.5. The van der Waals surface area contributed by atoms with Crippen LogP contribution in [-0.2, 0) is 14.3 Å². The molecule has 106 valence electrons. The quantitative estimate of drug-likeness (QED) is 0.429. The van der Waals surface area contributed by atoms with Gasteiger partial charge in [0.1, 0.15) is 0 Å². The Labute approximate surface area is 110 Å². The van der Waals surface area contributed by atoms with Gasteiger partial charge in [-0.25, -0.2) is 0 Å². The molecule has 0 aromatic heterocycles. The third-order valence-electron chi connectivity index (χ3n) is 2.78. The molecular weight excluding hydrogens is 232 g/mol. The highest BCUT2D eigenvalue weighted by atomic mass is 16.5. The van der Waals surface area contributed by atoms with Gasteiger partial charge in [0.05, 0.1) is 6.61 Å². The van der Waals surface area contributed by atoms with E-state index in [4.69, 9.17) is 9.84 Å². The molecular formula is C14H26O4. The second-order valence-electron chi connectivity index (χ2n) is 4.59. The summed E-state index contributed by atoms with van der Waals surface area (Å²) in [6.45, 7) is 2.61. The van der Waals surface area contributed by atoms with E-state index >= 15 is 0 Å². The summed E-state index contributed by atoms with van der Waals surface area (Å²) in [5, 5.41) is 8.45. The van der Waals surface area contributed by atoms with Gasteiger partial charge in [-0.1, -0.05) is 39.0 Å². The van der Waals surface area contributed by atoms with E-state index in [1.807, 2.05) is 0 Å². The zero-order chi connectivity index (χ0) is 13.6. The van der Waals surface area contributed by atoms with Crippen molar-refractivity contribution in [3.05, 3.63) is 0 Å². The maximum atomic E-state index is 11.2. The van der Waals surface area contributed by atoms with Gasteiger partial charge in [-0.3, -0.25) is 9.59 Å². The van der Waals surface area contributed by atoms with Gasteiger partial charge in [-0.2, -0.15) is 0 Å². The first-order valence-electron chi connectivity index (χ1n) is 7.04. The molecule has 0 saturated carbocycles. The maximum Gasteiger partial charge on any atom is 0.305 e. The lowest BCUT2D eigenvalue weighted by molar-refractivity contribution is -0.144. The molecule has 4 heteroatoms. The Morgan fingerprint density at radius 3 is 2.00 bits per heavy atom. The molecule has 0 unspecified atom stereocenters. The van der Waals surface area contributed by atoms with Gasteiger partial charge in [-0.05, 0) is 19.3 Å². The fourth-order valence-corrected chi connectivity index (χ4v) is 1.66. The monoisotopic (exact) mass is 258 g/mol. The number of carbonyl (C=O) groups excluding carboxylic acids is 1. The first-order valence-corrected chi connectivity index (χ1v) is 7.04. The largest absolute Gasteiger partial charge is 0.481 e. The van der Waals surface area contributed by atoms with Crippen LogP contribution in [-0.4, -0.2) is 23.7 Å². The smallest absolute Gasteiger partial charge is 0.305 e. The molecule has 0 saturated heterocycles. The Kier molecular flexibility index (Phi) is 11.7. The lowest BCUT2D eigenvalue weighted by Crippen LogP contribution is -2.05. The van der Waals surface area contributed by atoms with Gasteiger partial charge in [0.2, 0.25) is 0 Å². The van der Waals surface area contributed by atoms with Gasteiger partial charge >= 0.3 is 11.9 Å². The highest BCUT2D eigenvalue weighted by Gasteiger charge is 2.02. The van der Waals surface area contributed by atoms with Crippen LogP contribution >= 0.6 is 0 Å². The molecule has 18 heavy (non-hydrogen) atoms. The lowest BCUT2D eigenvalue weighted by atomic mass is 10.1. The van der Waals surface area contributed by atoms with Crippen LogP contribution in [0.25, 0.3) is 0 Å². The molecule has 0 aliphatic carbocycles. The highest BCUT2D eigenvalue weighted by molar-refractivity contribution is 5.69. The van der Waals surface area contributed by atoms with Gasteiger partial charge in [0, 0.05) is 12.8 Å². The second kappa shape index (κ2) is 12.4. The van der Waals surface area contributed by atoms with Crippen LogP contribution in [0.1, 0.15) is 71.1 Å². The van der Waals surface area contributed by atoms with Crippen molar-refractivity contribution in [1.29, 1.82) is 0 Å². The zero-order valence-corrected chi connectivity index (χ0v) is 11.5. The van der Waals surface area contributed by atoms with Crippen molar-refractivity contribution < 1.29 is 19.4 Å². The molecule has 0 fully saturated rings. The summed E-state index contributed by atoms with van der Waals surface area (Å²) >= 11 is 0. The minimum absolute atomic E-state index is 0.0886. The van der Waals surface area contributed by atoms with Crippen molar-refractivity contribution in [3.8, 4) is 0 Å². The molecule has 0 aromatic rings. The minimum Gasteiger partial charge on any atom is -0.481 e. The molecule has 4 nitrogen and oxygen atoms in total. The molecule has 0 aliphatic heterocycles. The fourth-order valence-electron chi connectivity index (χ4n) is 1.66. The SMILES string of the molecule is CCCCOC(=O)CCCCCCCCC(=O)O. The molecule has 0 aromatic carbocycles. The first-order chi connectivity index (χ1) is 8.66. The summed E-state index contributed by atoms with van der Waals surface area (Å²) in [5.41, 5.74) is 0. The van der Waals surface area contributed by atoms with Gasteiger partial charge in [0.15, 0.2) is 0 Å². The standard InChI is InChI=1S/C14H26O4/c1-2-3-12-18-14(17)11-9-7-5-4-6-8-10-13(15)16/h2-12H2,1H3,(H,15,16). The van der Waals surface area contributed by atoms with E-state index < -0.39 is 5.97 Å². The van der Waals surface area contributed by atoms with E-state index in [-0.39, 0.29) is 12.4 Å². The lowest BCUT2D eigenvalue weighted by Gasteiger charge is -2.03. The summed E-state index contributed by atoms with van der Waals surface area (Å²) in [5.74, 6) is -0.806. The van der Waals surface area contributed by atoms with Crippen molar-refractivity contribution >= 4 is 11.9 Å². The first kappa shape index (κ1) is 16.9. The summed E-state index contributed by atoms with van der Waals surface area (Å²) < 4.78 is 5.05. The van der Waals surface area contributed by atoms with Crippen molar-refractivity contribution in [3.63, 3.8) is 0 Å². The van der Waals surface area contributed by atoms with E-state index in [1.54, 1.807) is 0 Å². The summed E-state index contributed by atoms with van der Waals surface area (Å²) in [6.07, 6.45) is 8.52. The molecule has 0 heterocycles. The normalized spacial score (nSPS) is 10.3. The Balaban J connectivity index is 3.15. The van der Waals surface area contributed by atoms with Crippen molar-refractivity contribution in [2.45, 2.75) is 71.1 Å². The Morgan fingerprint density at radius 1 is 0.889 bits per heavy atom. The van der Waals surface area contributed by atoms with Gasteiger partial charge < -0.3 is 9.84 Å². The van der Waals surface area contributed by atoms with E-state index in [0.717, 1.165) is 51.4 Å². The number of ether oxygens (including phenoxy) is 1. The number of hydrogen-bond acceptors (Lipinski definition) is 3. The Morgan fingerprint density at radius 2 is 1.44 bits per heavy atom.